The third-order valence-corrected chi connectivity index (χ3v) is 7.21. The summed E-state index contributed by atoms with van der Waals surface area (Å²) in [6.07, 6.45) is 1.94. The average molecular weight is 502 g/mol. The SMILES string of the molecule is C=CCN1C[C@H](C)N([C@H](c2cccc(O)c2)c2ccccc2C(=O)N(CC)c2cccc(F)c2)C[C@H]1C. The molecule has 0 unspecified atom stereocenters. The summed E-state index contributed by atoms with van der Waals surface area (Å²) < 4.78 is 14.0. The van der Waals surface area contributed by atoms with Gasteiger partial charge in [0, 0.05) is 49.5 Å². The number of rotatable bonds is 8. The highest BCUT2D eigenvalue weighted by molar-refractivity contribution is 6.07. The minimum Gasteiger partial charge on any atom is -0.508 e. The molecule has 0 spiro atoms. The smallest absolute Gasteiger partial charge is 0.258 e. The Morgan fingerprint density at radius 2 is 1.84 bits per heavy atom. The Labute approximate surface area is 219 Å². The van der Waals surface area contributed by atoms with Gasteiger partial charge in [-0.1, -0.05) is 42.5 Å². The molecule has 1 heterocycles. The van der Waals surface area contributed by atoms with Crippen LogP contribution in [0.4, 0.5) is 10.1 Å². The molecule has 3 aromatic rings. The van der Waals surface area contributed by atoms with Gasteiger partial charge in [-0.3, -0.25) is 14.6 Å². The van der Waals surface area contributed by atoms with Gasteiger partial charge in [0.2, 0.25) is 0 Å². The van der Waals surface area contributed by atoms with Gasteiger partial charge in [0.15, 0.2) is 0 Å². The van der Waals surface area contributed by atoms with Crippen LogP contribution in [0.1, 0.15) is 48.3 Å². The van der Waals surface area contributed by atoms with E-state index in [1.165, 1.54) is 12.1 Å². The number of benzene rings is 3. The average Bonchev–Trinajstić information content (AvgIpc) is 2.88. The van der Waals surface area contributed by atoms with Crippen LogP contribution in [0.3, 0.4) is 0 Å². The van der Waals surface area contributed by atoms with Gasteiger partial charge >= 0.3 is 0 Å². The van der Waals surface area contributed by atoms with Crippen molar-refractivity contribution in [1.29, 1.82) is 0 Å². The molecule has 1 saturated heterocycles. The quantitative estimate of drug-likeness (QED) is 0.392. The van der Waals surface area contributed by atoms with Gasteiger partial charge in [0.25, 0.3) is 5.91 Å². The standard InChI is InChI=1S/C31H36FN3O2/c1-5-17-33-20-23(4)35(21-22(33)3)30(24-11-9-14-27(36)18-24)28-15-7-8-16-29(28)31(37)34(6-2)26-13-10-12-25(32)19-26/h5,7-16,18-19,22-23,30,36H,1,6,17,20-21H2,2-4H3/t22-,23+,30-/m1/s1. The molecule has 194 valence electrons. The highest BCUT2D eigenvalue weighted by Gasteiger charge is 2.36. The number of carbonyl (C=O) groups is 1. The molecule has 1 fully saturated rings. The number of hydrogen-bond acceptors (Lipinski definition) is 4. The molecule has 0 aromatic heterocycles. The van der Waals surface area contributed by atoms with E-state index in [1.54, 1.807) is 29.2 Å². The van der Waals surface area contributed by atoms with Crippen LogP contribution in [0.15, 0.2) is 85.5 Å². The zero-order chi connectivity index (χ0) is 26.5. The lowest BCUT2D eigenvalue weighted by Crippen LogP contribution is -2.57. The van der Waals surface area contributed by atoms with E-state index in [-0.39, 0.29) is 35.6 Å². The van der Waals surface area contributed by atoms with Crippen molar-refractivity contribution in [2.24, 2.45) is 0 Å². The zero-order valence-corrected chi connectivity index (χ0v) is 21.8. The summed E-state index contributed by atoms with van der Waals surface area (Å²) in [5.41, 5.74) is 2.88. The summed E-state index contributed by atoms with van der Waals surface area (Å²) in [5.74, 6) is -0.373. The minimum atomic E-state index is -0.380. The van der Waals surface area contributed by atoms with Crippen molar-refractivity contribution in [2.75, 3.05) is 31.1 Å². The predicted octanol–water partition coefficient (Wildman–Crippen LogP) is 5.87. The van der Waals surface area contributed by atoms with Crippen LogP contribution >= 0.6 is 0 Å². The van der Waals surface area contributed by atoms with E-state index in [0.717, 1.165) is 30.8 Å². The second-order valence-electron chi connectivity index (χ2n) is 9.75. The van der Waals surface area contributed by atoms with Crippen LogP contribution in [0, 0.1) is 5.82 Å². The van der Waals surface area contributed by atoms with Gasteiger partial charge in [0.1, 0.15) is 11.6 Å². The number of carbonyl (C=O) groups excluding carboxylic acids is 1. The molecule has 0 saturated carbocycles. The molecule has 3 aromatic carbocycles. The molecule has 1 amide bonds. The van der Waals surface area contributed by atoms with Crippen molar-refractivity contribution in [1.82, 2.24) is 9.80 Å². The number of nitrogens with zero attached hydrogens (tertiary/aromatic N) is 3. The summed E-state index contributed by atoms with van der Waals surface area (Å²) in [5, 5.41) is 10.4. The van der Waals surface area contributed by atoms with Gasteiger partial charge < -0.3 is 10.0 Å². The number of piperazine rings is 1. The lowest BCUT2D eigenvalue weighted by molar-refractivity contribution is 0.0304. The molecule has 1 aliphatic rings. The third-order valence-electron chi connectivity index (χ3n) is 7.21. The van der Waals surface area contributed by atoms with E-state index in [1.807, 2.05) is 49.4 Å². The molecule has 37 heavy (non-hydrogen) atoms. The van der Waals surface area contributed by atoms with Crippen LogP contribution < -0.4 is 4.90 Å². The summed E-state index contributed by atoms with van der Waals surface area (Å²) in [7, 11) is 0. The molecule has 3 atom stereocenters. The second kappa shape index (κ2) is 11.7. The van der Waals surface area contributed by atoms with Gasteiger partial charge in [-0.05, 0) is 68.3 Å². The van der Waals surface area contributed by atoms with Crippen molar-refractivity contribution in [3.8, 4) is 5.75 Å². The highest BCUT2D eigenvalue weighted by Crippen LogP contribution is 2.37. The first kappa shape index (κ1) is 26.6. The first-order chi connectivity index (χ1) is 17.8. The van der Waals surface area contributed by atoms with Gasteiger partial charge in [-0.2, -0.15) is 0 Å². The number of phenols is 1. The Kier molecular flexibility index (Phi) is 8.41. The Hall–Kier alpha value is -3.48. The number of amides is 1. The number of halogens is 1. The van der Waals surface area contributed by atoms with E-state index < -0.39 is 0 Å². The largest absolute Gasteiger partial charge is 0.508 e. The maximum Gasteiger partial charge on any atom is 0.258 e. The van der Waals surface area contributed by atoms with E-state index in [2.05, 4.69) is 30.2 Å². The molecular formula is C31H36FN3O2. The van der Waals surface area contributed by atoms with Crippen LogP contribution in [0.2, 0.25) is 0 Å². The van der Waals surface area contributed by atoms with Crippen molar-refractivity contribution < 1.29 is 14.3 Å². The molecule has 5 nitrogen and oxygen atoms in total. The number of phenolic OH excluding ortho intramolecular Hbond substituents is 1. The Morgan fingerprint density at radius 1 is 1.08 bits per heavy atom. The molecule has 4 rings (SSSR count). The Bertz CT molecular complexity index is 1250. The van der Waals surface area contributed by atoms with Gasteiger partial charge in [0.05, 0.1) is 6.04 Å². The first-order valence-corrected chi connectivity index (χ1v) is 12.9. The fourth-order valence-electron chi connectivity index (χ4n) is 5.41. The van der Waals surface area contributed by atoms with E-state index >= 15 is 0 Å². The van der Waals surface area contributed by atoms with E-state index in [4.69, 9.17) is 0 Å². The third kappa shape index (κ3) is 5.76. The predicted molar refractivity (Wildman–Crippen MR) is 148 cm³/mol. The maximum atomic E-state index is 14.0. The van der Waals surface area contributed by atoms with Crippen molar-refractivity contribution in [3.63, 3.8) is 0 Å². The van der Waals surface area contributed by atoms with Crippen molar-refractivity contribution >= 4 is 11.6 Å². The zero-order valence-electron chi connectivity index (χ0n) is 21.8. The number of anilines is 1. The molecule has 0 bridgehead atoms. The van der Waals surface area contributed by atoms with Crippen LogP contribution in [0.5, 0.6) is 5.75 Å². The minimum absolute atomic E-state index is 0.181. The highest BCUT2D eigenvalue weighted by atomic mass is 19.1. The monoisotopic (exact) mass is 501 g/mol. The van der Waals surface area contributed by atoms with Crippen molar-refractivity contribution in [3.05, 3.63) is 108 Å². The normalized spacial score (nSPS) is 19.4. The summed E-state index contributed by atoms with van der Waals surface area (Å²) in [4.78, 5) is 20.4. The topological polar surface area (TPSA) is 47.0 Å². The summed E-state index contributed by atoms with van der Waals surface area (Å²) >= 11 is 0. The van der Waals surface area contributed by atoms with Gasteiger partial charge in [-0.25, -0.2) is 4.39 Å². The van der Waals surface area contributed by atoms with E-state index in [9.17, 15) is 14.3 Å². The van der Waals surface area contributed by atoms with Crippen LogP contribution in [-0.4, -0.2) is 59.1 Å². The lowest BCUT2D eigenvalue weighted by atomic mass is 9.90. The second-order valence-corrected chi connectivity index (χ2v) is 9.75. The summed E-state index contributed by atoms with van der Waals surface area (Å²) in [6, 6.07) is 21.3. The van der Waals surface area contributed by atoms with Gasteiger partial charge in [-0.15, -0.1) is 6.58 Å². The molecule has 6 heteroatoms. The number of aromatic hydroxyl groups is 1. The molecule has 0 aliphatic carbocycles. The molecule has 1 N–H and O–H groups in total. The van der Waals surface area contributed by atoms with Crippen LogP contribution in [-0.2, 0) is 0 Å². The van der Waals surface area contributed by atoms with Crippen LogP contribution in [0.25, 0.3) is 0 Å². The Balaban J connectivity index is 1.80. The lowest BCUT2D eigenvalue weighted by Gasteiger charge is -2.47. The Morgan fingerprint density at radius 3 is 2.54 bits per heavy atom. The maximum absolute atomic E-state index is 14.0. The van der Waals surface area contributed by atoms with E-state index in [0.29, 0.717) is 17.8 Å². The first-order valence-electron chi connectivity index (χ1n) is 12.9. The summed E-state index contributed by atoms with van der Waals surface area (Å²) in [6.45, 7) is 13.1. The fraction of sp³-hybridized carbons (Fsp3) is 0.323. The molecule has 0 radical (unpaired) electrons. The van der Waals surface area contributed by atoms with Crippen molar-refractivity contribution in [2.45, 2.75) is 38.9 Å². The molecular weight excluding hydrogens is 465 g/mol. The number of hydrogen-bond donors (Lipinski definition) is 1. The molecule has 1 aliphatic heterocycles. The fourth-order valence-corrected chi connectivity index (χ4v) is 5.41.